The van der Waals surface area contributed by atoms with Crippen molar-refractivity contribution in [1.82, 2.24) is 9.97 Å². The van der Waals surface area contributed by atoms with Crippen molar-refractivity contribution in [3.05, 3.63) is 17.5 Å². The summed E-state index contributed by atoms with van der Waals surface area (Å²) in [7, 11) is 0. The van der Waals surface area contributed by atoms with E-state index in [0.717, 1.165) is 25.3 Å². The Morgan fingerprint density at radius 3 is 3.00 bits per heavy atom. The van der Waals surface area contributed by atoms with Gasteiger partial charge in [0.1, 0.15) is 11.0 Å². The fraction of sp³-hybridized carbons (Fsp3) is 0.636. The van der Waals surface area contributed by atoms with Crippen LogP contribution in [0.4, 0.5) is 5.82 Å². The molecular weight excluding hydrogens is 226 g/mol. The highest BCUT2D eigenvalue weighted by molar-refractivity contribution is 6.29. The van der Waals surface area contributed by atoms with E-state index in [1.807, 2.05) is 0 Å². The first kappa shape index (κ1) is 11.6. The summed E-state index contributed by atoms with van der Waals surface area (Å²) < 4.78 is 5.65. The summed E-state index contributed by atoms with van der Waals surface area (Å²) in [5, 5.41) is 3.75. The maximum Gasteiger partial charge on any atom is 0.149 e. The highest BCUT2D eigenvalue weighted by Crippen LogP contribution is 2.25. The molecule has 2 rings (SSSR count). The van der Waals surface area contributed by atoms with Crippen LogP contribution in [0.3, 0.4) is 0 Å². The zero-order chi connectivity index (χ0) is 11.6. The Bertz CT molecular complexity index is 370. The van der Waals surface area contributed by atoms with Crippen LogP contribution in [0, 0.1) is 0 Å². The lowest BCUT2D eigenvalue weighted by atomic mass is 9.94. The van der Waals surface area contributed by atoms with E-state index in [1.165, 1.54) is 6.20 Å². The summed E-state index contributed by atoms with van der Waals surface area (Å²) in [5.41, 5.74) is -0.0675. The third-order valence-electron chi connectivity index (χ3n) is 2.65. The molecule has 0 spiro atoms. The van der Waals surface area contributed by atoms with Crippen LogP contribution in [0.25, 0.3) is 0 Å². The number of aromatic nitrogens is 2. The van der Waals surface area contributed by atoms with Gasteiger partial charge in [-0.3, -0.25) is 4.98 Å². The Morgan fingerprint density at radius 2 is 2.31 bits per heavy atom. The van der Waals surface area contributed by atoms with Gasteiger partial charge in [-0.15, -0.1) is 0 Å². The summed E-state index contributed by atoms with van der Waals surface area (Å²) in [6.07, 6.45) is 5.16. The van der Waals surface area contributed by atoms with E-state index < -0.39 is 0 Å². The van der Waals surface area contributed by atoms with Crippen molar-refractivity contribution < 1.29 is 4.74 Å². The second kappa shape index (κ2) is 4.55. The molecule has 1 unspecified atom stereocenters. The van der Waals surface area contributed by atoms with E-state index in [9.17, 15) is 0 Å². The smallest absolute Gasteiger partial charge is 0.149 e. The van der Waals surface area contributed by atoms with Crippen LogP contribution in [0.15, 0.2) is 12.4 Å². The van der Waals surface area contributed by atoms with Gasteiger partial charge < -0.3 is 10.1 Å². The molecule has 1 fully saturated rings. The monoisotopic (exact) mass is 241 g/mol. The molecule has 0 aliphatic carbocycles. The number of rotatable bonds is 2. The fourth-order valence-electron chi connectivity index (χ4n) is 1.98. The molecule has 0 radical (unpaired) electrons. The Hall–Kier alpha value is -0.870. The second-order valence-corrected chi connectivity index (χ2v) is 5.06. The molecule has 0 saturated carbocycles. The van der Waals surface area contributed by atoms with Crippen LogP contribution >= 0.6 is 11.6 Å². The molecule has 1 atom stereocenters. The number of anilines is 1. The van der Waals surface area contributed by atoms with Gasteiger partial charge in [0.25, 0.3) is 0 Å². The lowest BCUT2D eigenvalue weighted by Gasteiger charge is -2.35. The lowest BCUT2D eigenvalue weighted by molar-refractivity contribution is -0.0553. The van der Waals surface area contributed by atoms with Crippen molar-refractivity contribution in [1.29, 1.82) is 0 Å². The number of nitrogens with one attached hydrogen (secondary N) is 1. The van der Waals surface area contributed by atoms with E-state index in [4.69, 9.17) is 16.3 Å². The van der Waals surface area contributed by atoms with Crippen LogP contribution in [0.2, 0.25) is 5.15 Å². The predicted molar refractivity (Wildman–Crippen MR) is 63.7 cm³/mol. The molecule has 0 amide bonds. The molecule has 16 heavy (non-hydrogen) atoms. The Labute approximate surface area is 100 Å². The van der Waals surface area contributed by atoms with Crippen LogP contribution in [-0.4, -0.2) is 28.2 Å². The molecular formula is C11H16ClN3O. The number of hydrogen-bond donors (Lipinski definition) is 1. The highest BCUT2D eigenvalue weighted by Gasteiger charge is 2.28. The minimum atomic E-state index is -0.0675. The zero-order valence-electron chi connectivity index (χ0n) is 9.53. The Kier molecular flexibility index (Phi) is 3.30. The Morgan fingerprint density at radius 1 is 1.50 bits per heavy atom. The summed E-state index contributed by atoms with van der Waals surface area (Å²) in [6.45, 7) is 4.98. The molecule has 2 heterocycles. The minimum absolute atomic E-state index is 0.0675. The van der Waals surface area contributed by atoms with Gasteiger partial charge in [0, 0.05) is 12.6 Å². The van der Waals surface area contributed by atoms with Crippen LogP contribution < -0.4 is 5.32 Å². The van der Waals surface area contributed by atoms with E-state index in [2.05, 4.69) is 29.1 Å². The first-order chi connectivity index (χ1) is 7.55. The Balaban J connectivity index is 1.99. The van der Waals surface area contributed by atoms with Crippen molar-refractivity contribution in [2.45, 2.75) is 38.3 Å². The molecule has 1 aliphatic heterocycles. The fourth-order valence-corrected chi connectivity index (χ4v) is 2.12. The third kappa shape index (κ3) is 3.06. The molecule has 0 aromatic carbocycles. The third-order valence-corrected chi connectivity index (χ3v) is 2.84. The molecule has 1 aromatic heterocycles. The lowest BCUT2D eigenvalue weighted by Crippen LogP contribution is -2.40. The number of halogens is 1. The summed E-state index contributed by atoms with van der Waals surface area (Å²) >= 11 is 5.78. The van der Waals surface area contributed by atoms with Gasteiger partial charge in [-0.25, -0.2) is 4.98 Å². The standard InChI is InChI=1S/C11H16ClN3O/c1-11(2)5-8(3-4-16-11)14-10-7-13-6-9(12)15-10/h6-8H,3-5H2,1-2H3,(H,14,15). The average Bonchev–Trinajstić information content (AvgIpc) is 2.15. The molecule has 1 aromatic rings. The van der Waals surface area contributed by atoms with E-state index in [1.54, 1.807) is 6.20 Å². The van der Waals surface area contributed by atoms with Crippen molar-refractivity contribution in [2.75, 3.05) is 11.9 Å². The van der Waals surface area contributed by atoms with Gasteiger partial charge in [0.05, 0.1) is 18.0 Å². The van der Waals surface area contributed by atoms with Crippen LogP contribution in [0.1, 0.15) is 26.7 Å². The topological polar surface area (TPSA) is 47.0 Å². The summed E-state index contributed by atoms with van der Waals surface area (Å²) in [5.74, 6) is 0.732. The number of ether oxygens (including phenoxy) is 1. The molecule has 1 aliphatic rings. The molecule has 0 bridgehead atoms. The molecule has 88 valence electrons. The van der Waals surface area contributed by atoms with Gasteiger partial charge >= 0.3 is 0 Å². The van der Waals surface area contributed by atoms with Crippen LogP contribution in [0.5, 0.6) is 0 Å². The van der Waals surface area contributed by atoms with Crippen molar-refractivity contribution in [2.24, 2.45) is 0 Å². The van der Waals surface area contributed by atoms with Gasteiger partial charge in [-0.1, -0.05) is 11.6 Å². The molecule has 5 heteroatoms. The predicted octanol–water partition coefficient (Wildman–Crippen LogP) is 2.50. The average molecular weight is 242 g/mol. The van der Waals surface area contributed by atoms with Gasteiger partial charge in [0.15, 0.2) is 0 Å². The van der Waals surface area contributed by atoms with Gasteiger partial charge in [-0.2, -0.15) is 0 Å². The SMILES string of the molecule is CC1(C)CC(Nc2cncc(Cl)n2)CCO1. The highest BCUT2D eigenvalue weighted by atomic mass is 35.5. The zero-order valence-corrected chi connectivity index (χ0v) is 10.3. The first-order valence-corrected chi connectivity index (χ1v) is 5.81. The van der Waals surface area contributed by atoms with Gasteiger partial charge in [-0.05, 0) is 26.7 Å². The summed E-state index contributed by atoms with van der Waals surface area (Å²) in [6, 6.07) is 0.372. The maximum absolute atomic E-state index is 5.78. The van der Waals surface area contributed by atoms with E-state index in [-0.39, 0.29) is 5.60 Å². The van der Waals surface area contributed by atoms with Crippen LogP contribution in [-0.2, 0) is 4.74 Å². The molecule has 4 nitrogen and oxygen atoms in total. The number of hydrogen-bond acceptors (Lipinski definition) is 4. The second-order valence-electron chi connectivity index (χ2n) is 4.67. The molecule has 1 saturated heterocycles. The van der Waals surface area contributed by atoms with Gasteiger partial charge in [0.2, 0.25) is 0 Å². The normalized spacial score (nSPS) is 24.1. The van der Waals surface area contributed by atoms with Crippen molar-refractivity contribution >= 4 is 17.4 Å². The summed E-state index contributed by atoms with van der Waals surface area (Å²) in [4.78, 5) is 8.16. The van der Waals surface area contributed by atoms with Crippen molar-refractivity contribution in [3.8, 4) is 0 Å². The van der Waals surface area contributed by atoms with E-state index >= 15 is 0 Å². The van der Waals surface area contributed by atoms with E-state index in [0.29, 0.717) is 11.2 Å². The molecule has 1 N–H and O–H groups in total. The largest absolute Gasteiger partial charge is 0.375 e. The van der Waals surface area contributed by atoms with Crippen molar-refractivity contribution in [3.63, 3.8) is 0 Å². The minimum Gasteiger partial charge on any atom is -0.375 e. The first-order valence-electron chi connectivity index (χ1n) is 5.43. The quantitative estimate of drug-likeness (QED) is 0.864. The maximum atomic E-state index is 5.78. The number of nitrogens with zero attached hydrogens (tertiary/aromatic N) is 2.